The molecule has 0 bridgehead atoms. The smallest absolute Gasteiger partial charge is 0.295 e. The summed E-state index contributed by atoms with van der Waals surface area (Å²) in [5, 5.41) is 19.3. The lowest BCUT2D eigenvalue weighted by Crippen LogP contribution is -2.20. The van der Waals surface area contributed by atoms with E-state index in [0.29, 0.717) is 0 Å². The average molecular weight is 495 g/mol. The molecule has 0 aliphatic heterocycles. The van der Waals surface area contributed by atoms with E-state index < -0.39 is 41.9 Å². The summed E-state index contributed by atoms with van der Waals surface area (Å²) in [6, 6.07) is 10.1. The fraction of sp³-hybridized carbons (Fsp3) is 0. The third kappa shape index (κ3) is 5.47. The molecule has 2 aromatic carbocycles. The number of nitrogens with two attached hydrogens (primary N) is 2. The number of furan rings is 1. The number of guanidine groups is 2. The fourth-order valence-corrected chi connectivity index (χ4v) is 4.42. The molecule has 0 radical (unpaired) electrons. The van der Waals surface area contributed by atoms with Crippen molar-refractivity contribution in [1.82, 2.24) is 0 Å². The Balaban J connectivity index is 2.13. The third-order valence-electron chi connectivity index (χ3n) is 4.21. The van der Waals surface area contributed by atoms with E-state index in [1.807, 2.05) is 0 Å². The predicted molar refractivity (Wildman–Crippen MR) is 120 cm³/mol. The normalized spacial score (nSPS) is 11.7. The van der Waals surface area contributed by atoms with Crippen LogP contribution in [0.1, 0.15) is 0 Å². The third-order valence-corrected chi connectivity index (χ3v) is 6.00. The molecule has 1 heterocycles. The van der Waals surface area contributed by atoms with E-state index in [-0.39, 0.29) is 34.0 Å². The van der Waals surface area contributed by atoms with Gasteiger partial charge in [0.15, 0.2) is 11.9 Å². The highest BCUT2D eigenvalue weighted by Gasteiger charge is 2.23. The molecule has 1 aromatic heterocycles. The van der Waals surface area contributed by atoms with Crippen molar-refractivity contribution in [2.24, 2.45) is 11.5 Å². The first-order valence-electron chi connectivity index (χ1n) is 8.81. The first kappa shape index (κ1) is 23.7. The van der Waals surface area contributed by atoms with Gasteiger partial charge < -0.3 is 26.5 Å². The van der Waals surface area contributed by atoms with Crippen LogP contribution in [-0.4, -0.2) is 37.9 Å². The number of rotatable bonds is 6. The van der Waals surface area contributed by atoms with Crippen LogP contribution in [0.4, 0.5) is 11.4 Å². The van der Waals surface area contributed by atoms with Gasteiger partial charge in [-0.1, -0.05) is 0 Å². The lowest BCUT2D eigenvalue weighted by molar-refractivity contribution is 0.481. The molecule has 0 spiro atoms. The minimum atomic E-state index is -4.73. The first-order chi connectivity index (χ1) is 15.3. The van der Waals surface area contributed by atoms with Crippen LogP contribution >= 0.6 is 0 Å². The summed E-state index contributed by atoms with van der Waals surface area (Å²) in [5.74, 6) is -0.993. The number of hydrogen-bond donors (Lipinski definition) is 8. The van der Waals surface area contributed by atoms with Crippen molar-refractivity contribution < 1.29 is 30.4 Å². The number of nitrogens with one attached hydrogen (secondary N) is 4. The number of benzene rings is 2. The minimum Gasteiger partial charge on any atom is -0.456 e. The van der Waals surface area contributed by atoms with Crippen molar-refractivity contribution in [3.05, 3.63) is 48.5 Å². The van der Waals surface area contributed by atoms with Gasteiger partial charge >= 0.3 is 0 Å². The minimum absolute atomic E-state index is 0.0424. The molecule has 13 nitrogen and oxygen atoms in total. The van der Waals surface area contributed by atoms with Gasteiger partial charge in [-0.3, -0.25) is 19.9 Å². The van der Waals surface area contributed by atoms with Crippen molar-refractivity contribution in [2.45, 2.75) is 9.79 Å². The van der Waals surface area contributed by atoms with Crippen LogP contribution in [0, 0.1) is 10.8 Å². The van der Waals surface area contributed by atoms with Crippen molar-refractivity contribution >= 4 is 43.5 Å². The number of hydrogen-bond acceptors (Lipinski definition) is 7. The van der Waals surface area contributed by atoms with Crippen LogP contribution in [-0.2, 0) is 20.2 Å². The molecule has 0 atom stereocenters. The molecule has 15 heteroatoms. The molecule has 3 aromatic rings. The lowest BCUT2D eigenvalue weighted by Gasteiger charge is -2.10. The summed E-state index contributed by atoms with van der Waals surface area (Å²) in [6.45, 7) is 0. The molecule has 10 N–H and O–H groups in total. The Labute approximate surface area is 187 Å². The van der Waals surface area contributed by atoms with E-state index in [4.69, 9.17) is 26.7 Å². The van der Waals surface area contributed by atoms with Crippen molar-refractivity contribution in [1.29, 1.82) is 10.8 Å². The summed E-state index contributed by atoms with van der Waals surface area (Å²) in [4.78, 5) is -1.10. The van der Waals surface area contributed by atoms with Gasteiger partial charge in [0.2, 0.25) is 0 Å². The molecular weight excluding hydrogens is 476 g/mol. The Hall–Kier alpha value is -3.92. The zero-order valence-electron chi connectivity index (χ0n) is 16.5. The molecule has 0 aliphatic rings. The molecule has 174 valence electrons. The van der Waals surface area contributed by atoms with E-state index in [2.05, 4.69) is 10.6 Å². The van der Waals surface area contributed by atoms with Crippen LogP contribution in [0.2, 0.25) is 0 Å². The maximum atomic E-state index is 11.9. The van der Waals surface area contributed by atoms with Crippen molar-refractivity contribution in [3.8, 4) is 22.6 Å². The molecule has 0 unspecified atom stereocenters. The molecule has 3 rings (SSSR count). The van der Waals surface area contributed by atoms with E-state index in [9.17, 15) is 25.9 Å². The predicted octanol–water partition coefficient (Wildman–Crippen LogP) is 1.72. The Morgan fingerprint density at radius 3 is 1.39 bits per heavy atom. The molecule has 0 amide bonds. The summed E-state index contributed by atoms with van der Waals surface area (Å²) in [5.41, 5.74) is 10.6. The largest absolute Gasteiger partial charge is 0.456 e. The van der Waals surface area contributed by atoms with E-state index in [0.717, 1.165) is 12.1 Å². The number of anilines is 2. The molecule has 0 saturated carbocycles. The van der Waals surface area contributed by atoms with Crippen LogP contribution in [0.25, 0.3) is 22.6 Å². The van der Waals surface area contributed by atoms with E-state index >= 15 is 0 Å². The van der Waals surface area contributed by atoms with Crippen LogP contribution < -0.4 is 22.1 Å². The van der Waals surface area contributed by atoms with E-state index in [1.54, 1.807) is 0 Å². The second-order valence-electron chi connectivity index (χ2n) is 6.61. The molecule has 0 fully saturated rings. The van der Waals surface area contributed by atoms with Gasteiger partial charge in [-0.2, -0.15) is 16.8 Å². The van der Waals surface area contributed by atoms with Gasteiger partial charge in [-0.15, -0.1) is 0 Å². The lowest BCUT2D eigenvalue weighted by atomic mass is 10.1. The Morgan fingerprint density at radius 1 is 0.727 bits per heavy atom. The second-order valence-corrected chi connectivity index (χ2v) is 9.39. The summed E-state index contributed by atoms with van der Waals surface area (Å²) in [6.07, 6.45) is 0. The molecule has 0 saturated heterocycles. The van der Waals surface area contributed by atoms with Crippen LogP contribution in [0.15, 0.2) is 62.7 Å². The second kappa shape index (κ2) is 8.55. The fourth-order valence-electron chi connectivity index (χ4n) is 2.97. The van der Waals surface area contributed by atoms with Crippen molar-refractivity contribution in [3.63, 3.8) is 0 Å². The quantitative estimate of drug-likeness (QED) is 0.139. The van der Waals surface area contributed by atoms with Gasteiger partial charge in [0, 0.05) is 22.5 Å². The maximum Gasteiger partial charge on any atom is 0.295 e. The standard InChI is InChI=1S/C18H18N6O7S2/c19-17(20)23-9-1-3-11(15(7-9)32(25,26)27)13-5-6-14(31-13)12-4-2-10(24-18(21)22)8-16(12)33(28,29)30/h1-8H,(H4,19,20,23)(H4,21,22,24)(H,25,26,27)(H,28,29,30). The van der Waals surface area contributed by atoms with Gasteiger partial charge in [0.1, 0.15) is 21.3 Å². The zero-order valence-corrected chi connectivity index (χ0v) is 18.2. The monoisotopic (exact) mass is 494 g/mol. The topological polar surface area (TPSA) is 246 Å². The van der Waals surface area contributed by atoms with Crippen LogP contribution in [0.5, 0.6) is 0 Å². The van der Waals surface area contributed by atoms with Crippen LogP contribution in [0.3, 0.4) is 0 Å². The highest BCUT2D eigenvalue weighted by molar-refractivity contribution is 7.86. The molecule has 0 aliphatic carbocycles. The molecule has 33 heavy (non-hydrogen) atoms. The Kier molecular flexibility index (Phi) is 6.15. The Bertz CT molecular complexity index is 1370. The SMILES string of the molecule is N=C(N)Nc1ccc(-c2ccc(-c3ccc(NC(=N)N)cc3S(=O)(=O)O)o2)c(S(=O)(=O)O)c1. The highest BCUT2D eigenvalue weighted by Crippen LogP contribution is 2.36. The Morgan fingerprint density at radius 2 is 1.09 bits per heavy atom. The van der Waals surface area contributed by atoms with Crippen molar-refractivity contribution in [2.75, 3.05) is 10.6 Å². The summed E-state index contributed by atoms with van der Waals surface area (Å²) in [7, 11) is -9.46. The zero-order chi connectivity index (χ0) is 24.6. The highest BCUT2D eigenvalue weighted by atomic mass is 32.2. The maximum absolute atomic E-state index is 11.9. The van der Waals surface area contributed by atoms with Gasteiger partial charge in [0.05, 0.1) is 0 Å². The van der Waals surface area contributed by atoms with E-state index in [1.165, 1.54) is 36.4 Å². The summed E-state index contributed by atoms with van der Waals surface area (Å²) >= 11 is 0. The van der Waals surface area contributed by atoms with Gasteiger partial charge in [-0.05, 0) is 48.5 Å². The summed E-state index contributed by atoms with van der Waals surface area (Å²) < 4.78 is 72.5. The van der Waals surface area contributed by atoms with Gasteiger partial charge in [0.25, 0.3) is 20.2 Å². The average Bonchev–Trinajstić information content (AvgIpc) is 3.15. The van der Waals surface area contributed by atoms with Gasteiger partial charge in [-0.25, -0.2) is 0 Å². The first-order valence-corrected chi connectivity index (χ1v) is 11.7. The molecular formula is C18H18N6O7S2.